The molecule has 122 valence electrons. The van der Waals surface area contributed by atoms with E-state index >= 15 is 0 Å². The first-order chi connectivity index (χ1) is 10.4. The van der Waals surface area contributed by atoms with Crippen molar-refractivity contribution in [1.29, 1.82) is 0 Å². The average Bonchev–Trinajstić information content (AvgIpc) is 2.70. The van der Waals surface area contributed by atoms with E-state index in [2.05, 4.69) is 38.0 Å². The Bertz CT molecular complexity index is 539. The fraction of sp³-hybridized carbons (Fsp3) is 0.588. The highest BCUT2D eigenvalue weighted by Crippen LogP contribution is 2.32. The number of guanidine groups is 1. The molecule has 2 rings (SSSR count). The predicted molar refractivity (Wildman–Crippen MR) is 90.8 cm³/mol. The Morgan fingerprint density at radius 1 is 1.27 bits per heavy atom. The van der Waals surface area contributed by atoms with Gasteiger partial charge in [-0.2, -0.15) is 0 Å². The van der Waals surface area contributed by atoms with Crippen molar-refractivity contribution in [2.75, 3.05) is 25.1 Å². The Kier molecular flexibility index (Phi) is 5.16. The van der Waals surface area contributed by atoms with Gasteiger partial charge in [-0.1, -0.05) is 27.7 Å². The third-order valence-corrected chi connectivity index (χ3v) is 4.24. The largest absolute Gasteiger partial charge is 0.490 e. The van der Waals surface area contributed by atoms with Gasteiger partial charge in [-0.25, -0.2) is 0 Å². The van der Waals surface area contributed by atoms with Crippen LogP contribution < -0.4 is 20.5 Å². The Morgan fingerprint density at radius 2 is 1.95 bits per heavy atom. The van der Waals surface area contributed by atoms with E-state index in [1.165, 1.54) is 0 Å². The highest BCUT2D eigenvalue weighted by Gasteiger charge is 2.21. The lowest BCUT2D eigenvalue weighted by Crippen LogP contribution is -2.28. The smallest absolute Gasteiger partial charge is 0.193 e. The summed E-state index contributed by atoms with van der Waals surface area (Å²) in [5.74, 6) is 2.49. The van der Waals surface area contributed by atoms with Crippen LogP contribution in [0.4, 0.5) is 5.69 Å². The summed E-state index contributed by atoms with van der Waals surface area (Å²) in [4.78, 5) is 4.45. The number of hydrogen-bond donors (Lipinski definition) is 2. The summed E-state index contributed by atoms with van der Waals surface area (Å²) in [6, 6.07) is 5.72. The number of hydrogen-bond acceptors (Lipinski definition) is 3. The minimum Gasteiger partial charge on any atom is -0.490 e. The number of fused-ring (bicyclic) bond motifs is 1. The lowest BCUT2D eigenvalue weighted by atomic mass is 9.81. The quantitative estimate of drug-likeness (QED) is 0.662. The van der Waals surface area contributed by atoms with Gasteiger partial charge in [0.15, 0.2) is 17.5 Å². The van der Waals surface area contributed by atoms with Crippen molar-refractivity contribution in [3.05, 3.63) is 18.2 Å². The van der Waals surface area contributed by atoms with E-state index in [4.69, 9.17) is 15.2 Å². The van der Waals surface area contributed by atoms with Gasteiger partial charge in [-0.15, -0.1) is 0 Å². The van der Waals surface area contributed by atoms with E-state index in [1.807, 2.05) is 18.2 Å². The Labute approximate surface area is 132 Å². The number of nitrogens with zero attached hydrogens (tertiary/aromatic N) is 1. The van der Waals surface area contributed by atoms with E-state index in [9.17, 15) is 0 Å². The summed E-state index contributed by atoms with van der Waals surface area (Å²) in [5.41, 5.74) is 6.96. The molecule has 0 radical (unpaired) electrons. The maximum atomic E-state index is 5.99. The van der Waals surface area contributed by atoms with Gasteiger partial charge in [0.1, 0.15) is 0 Å². The third kappa shape index (κ3) is 4.29. The summed E-state index contributed by atoms with van der Waals surface area (Å²) in [6.07, 6.45) is 0.894. The number of anilines is 1. The summed E-state index contributed by atoms with van der Waals surface area (Å²) in [6.45, 7) is 10.8. The van der Waals surface area contributed by atoms with Crippen LogP contribution in [0.1, 0.15) is 34.1 Å². The molecule has 0 fully saturated rings. The van der Waals surface area contributed by atoms with Crippen molar-refractivity contribution < 1.29 is 9.47 Å². The van der Waals surface area contributed by atoms with Crippen molar-refractivity contribution in [2.24, 2.45) is 22.1 Å². The zero-order valence-corrected chi connectivity index (χ0v) is 14.0. The van der Waals surface area contributed by atoms with Gasteiger partial charge in [0.05, 0.1) is 13.2 Å². The standard InChI is InChI=1S/C17H27N3O2/c1-12(2)17(3,4)11-19-16(18)20-13-6-7-14-15(10-13)22-9-5-8-21-14/h6-7,10,12H,5,8-9,11H2,1-4H3,(H3,18,19,20). The number of aliphatic imine (C=N–C) groups is 1. The third-order valence-electron chi connectivity index (χ3n) is 4.24. The molecule has 0 unspecified atom stereocenters. The van der Waals surface area contributed by atoms with E-state index < -0.39 is 0 Å². The Balaban J connectivity index is 2.02. The van der Waals surface area contributed by atoms with Gasteiger partial charge in [0.2, 0.25) is 0 Å². The molecule has 0 aromatic heterocycles. The first-order valence-corrected chi connectivity index (χ1v) is 7.85. The normalized spacial score (nSPS) is 15.6. The molecule has 5 heteroatoms. The molecule has 1 aromatic rings. The number of ether oxygens (including phenoxy) is 2. The second-order valence-electron chi connectivity index (χ2n) is 6.68. The molecule has 0 amide bonds. The average molecular weight is 305 g/mol. The molecule has 0 saturated carbocycles. The fourth-order valence-electron chi connectivity index (χ4n) is 1.90. The molecule has 0 saturated heterocycles. The second-order valence-corrected chi connectivity index (χ2v) is 6.68. The van der Waals surface area contributed by atoms with E-state index in [0.717, 1.165) is 23.6 Å². The van der Waals surface area contributed by atoms with Crippen LogP contribution in [0, 0.1) is 11.3 Å². The van der Waals surface area contributed by atoms with Crippen LogP contribution in [0.2, 0.25) is 0 Å². The summed E-state index contributed by atoms with van der Waals surface area (Å²) in [5, 5.41) is 3.12. The van der Waals surface area contributed by atoms with Gasteiger partial charge < -0.3 is 20.5 Å². The minimum atomic E-state index is 0.122. The van der Waals surface area contributed by atoms with Crippen LogP contribution in [0.3, 0.4) is 0 Å². The van der Waals surface area contributed by atoms with Crippen LogP contribution in [-0.4, -0.2) is 25.7 Å². The molecular weight excluding hydrogens is 278 g/mol. The number of rotatable bonds is 4. The molecule has 1 aromatic carbocycles. The predicted octanol–water partition coefficient (Wildman–Crippen LogP) is 3.26. The maximum absolute atomic E-state index is 5.99. The first-order valence-electron chi connectivity index (χ1n) is 7.85. The van der Waals surface area contributed by atoms with Gasteiger partial charge >= 0.3 is 0 Å². The lowest BCUT2D eigenvalue weighted by molar-refractivity contribution is 0.262. The number of nitrogens with two attached hydrogens (primary N) is 1. The van der Waals surface area contributed by atoms with E-state index in [1.54, 1.807) is 0 Å². The van der Waals surface area contributed by atoms with Crippen molar-refractivity contribution in [1.82, 2.24) is 0 Å². The van der Waals surface area contributed by atoms with E-state index in [-0.39, 0.29) is 5.41 Å². The van der Waals surface area contributed by atoms with Crippen LogP contribution in [0.5, 0.6) is 11.5 Å². The Hall–Kier alpha value is -1.91. The van der Waals surface area contributed by atoms with Crippen LogP contribution >= 0.6 is 0 Å². The molecule has 5 nitrogen and oxygen atoms in total. The van der Waals surface area contributed by atoms with Crippen molar-refractivity contribution in [3.63, 3.8) is 0 Å². The monoisotopic (exact) mass is 305 g/mol. The van der Waals surface area contributed by atoms with Gasteiger partial charge in [-0.05, 0) is 23.5 Å². The molecule has 1 heterocycles. The van der Waals surface area contributed by atoms with Crippen molar-refractivity contribution in [2.45, 2.75) is 34.1 Å². The van der Waals surface area contributed by atoms with Crippen molar-refractivity contribution >= 4 is 11.6 Å². The van der Waals surface area contributed by atoms with Crippen LogP contribution in [0.15, 0.2) is 23.2 Å². The maximum Gasteiger partial charge on any atom is 0.193 e. The minimum absolute atomic E-state index is 0.122. The summed E-state index contributed by atoms with van der Waals surface area (Å²) in [7, 11) is 0. The SMILES string of the molecule is CC(C)C(C)(C)CN=C(N)Nc1ccc2c(c1)OCCCO2. The zero-order chi connectivity index (χ0) is 16.2. The number of nitrogens with one attached hydrogen (secondary N) is 1. The molecule has 0 atom stereocenters. The lowest BCUT2D eigenvalue weighted by Gasteiger charge is -2.27. The highest BCUT2D eigenvalue weighted by molar-refractivity contribution is 5.92. The molecular formula is C17H27N3O2. The van der Waals surface area contributed by atoms with Gasteiger partial charge in [0, 0.05) is 24.7 Å². The summed E-state index contributed by atoms with van der Waals surface area (Å²) < 4.78 is 11.3. The number of benzene rings is 1. The van der Waals surface area contributed by atoms with E-state index in [0.29, 0.717) is 31.6 Å². The van der Waals surface area contributed by atoms with Crippen LogP contribution in [-0.2, 0) is 0 Å². The molecule has 3 N–H and O–H groups in total. The Morgan fingerprint density at radius 3 is 2.64 bits per heavy atom. The second kappa shape index (κ2) is 6.90. The highest BCUT2D eigenvalue weighted by atomic mass is 16.5. The molecule has 0 spiro atoms. The zero-order valence-electron chi connectivity index (χ0n) is 14.0. The molecule has 0 bridgehead atoms. The van der Waals surface area contributed by atoms with Crippen molar-refractivity contribution in [3.8, 4) is 11.5 Å². The fourth-order valence-corrected chi connectivity index (χ4v) is 1.90. The van der Waals surface area contributed by atoms with Crippen LogP contribution in [0.25, 0.3) is 0 Å². The molecule has 1 aliphatic rings. The molecule has 22 heavy (non-hydrogen) atoms. The van der Waals surface area contributed by atoms with Gasteiger partial charge in [-0.3, -0.25) is 4.99 Å². The summed E-state index contributed by atoms with van der Waals surface area (Å²) >= 11 is 0. The first kappa shape index (κ1) is 16.5. The molecule has 0 aliphatic carbocycles. The molecule has 1 aliphatic heterocycles. The van der Waals surface area contributed by atoms with Gasteiger partial charge in [0.25, 0.3) is 0 Å². The topological polar surface area (TPSA) is 68.9 Å².